The molecule has 0 bridgehead atoms. The van der Waals surface area contributed by atoms with Gasteiger partial charge in [-0.2, -0.15) is 0 Å². The largest absolute Gasteiger partial charge is 0.463 e. The molecular formula is C14H13Cl2NO3. The van der Waals surface area contributed by atoms with Crippen LogP contribution in [0, 0.1) is 0 Å². The maximum atomic E-state index is 11.4. The number of methoxy groups -OCH3 is 1. The van der Waals surface area contributed by atoms with E-state index in [1.165, 1.54) is 7.11 Å². The minimum atomic E-state index is -0.525. The van der Waals surface area contributed by atoms with Gasteiger partial charge in [0.05, 0.1) is 13.2 Å². The average Bonchev–Trinajstić information content (AvgIpc) is 2.92. The number of rotatable bonds is 4. The number of nitrogens with one attached hydrogen (secondary N) is 1. The molecule has 2 aromatic rings. The molecule has 0 fully saturated rings. The first-order chi connectivity index (χ1) is 9.56. The van der Waals surface area contributed by atoms with E-state index in [9.17, 15) is 4.79 Å². The van der Waals surface area contributed by atoms with E-state index in [2.05, 4.69) is 10.1 Å². The van der Waals surface area contributed by atoms with Crippen LogP contribution in [0.2, 0.25) is 10.0 Å². The predicted molar refractivity (Wildman–Crippen MR) is 77.4 cm³/mol. The molecule has 1 unspecified atom stereocenters. The van der Waals surface area contributed by atoms with Crippen molar-refractivity contribution >= 4 is 29.2 Å². The van der Waals surface area contributed by atoms with E-state index in [0.717, 1.165) is 5.56 Å². The zero-order chi connectivity index (χ0) is 14.7. The molecule has 0 saturated carbocycles. The van der Waals surface area contributed by atoms with E-state index in [1.54, 1.807) is 37.4 Å². The Hall–Kier alpha value is -1.49. The van der Waals surface area contributed by atoms with E-state index >= 15 is 0 Å². The fraction of sp³-hybridized carbons (Fsp3) is 0.214. The lowest BCUT2D eigenvalue weighted by Crippen LogP contribution is -2.17. The van der Waals surface area contributed by atoms with Crippen molar-refractivity contribution < 1.29 is 13.9 Å². The molecule has 0 saturated heterocycles. The number of carbonyl (C=O) groups is 1. The second-order valence-corrected chi connectivity index (χ2v) is 4.92. The first-order valence-corrected chi connectivity index (χ1v) is 6.62. The van der Waals surface area contributed by atoms with Crippen LogP contribution in [0.3, 0.4) is 0 Å². The topological polar surface area (TPSA) is 51.5 Å². The molecule has 6 heteroatoms. The molecule has 1 aromatic heterocycles. The summed E-state index contributed by atoms with van der Waals surface area (Å²) in [4.78, 5) is 11.4. The Morgan fingerprint density at radius 1 is 1.30 bits per heavy atom. The molecule has 106 valence electrons. The van der Waals surface area contributed by atoms with Crippen LogP contribution in [0.4, 0.5) is 0 Å². The highest BCUT2D eigenvalue weighted by atomic mass is 35.5. The van der Waals surface area contributed by atoms with Crippen molar-refractivity contribution in [2.75, 3.05) is 14.2 Å². The lowest BCUT2D eigenvalue weighted by molar-refractivity contribution is 0.0562. The van der Waals surface area contributed by atoms with Crippen LogP contribution < -0.4 is 5.32 Å². The molecule has 1 heterocycles. The van der Waals surface area contributed by atoms with Crippen molar-refractivity contribution in [1.82, 2.24) is 5.32 Å². The Kier molecular flexibility index (Phi) is 4.70. The monoisotopic (exact) mass is 313 g/mol. The predicted octanol–water partition coefficient (Wildman–Crippen LogP) is 3.68. The van der Waals surface area contributed by atoms with Gasteiger partial charge in [-0.05, 0) is 42.9 Å². The van der Waals surface area contributed by atoms with E-state index in [4.69, 9.17) is 27.6 Å². The Labute approximate surface area is 126 Å². The number of benzene rings is 1. The van der Waals surface area contributed by atoms with Gasteiger partial charge in [0.25, 0.3) is 0 Å². The third kappa shape index (κ3) is 2.98. The number of furan rings is 1. The summed E-state index contributed by atoms with van der Waals surface area (Å²) in [6.07, 6.45) is 0. The quantitative estimate of drug-likeness (QED) is 0.875. The second-order valence-electron chi connectivity index (χ2n) is 4.08. The molecule has 0 amide bonds. The summed E-state index contributed by atoms with van der Waals surface area (Å²) in [6, 6.07) is 8.13. The number of esters is 1. The van der Waals surface area contributed by atoms with Crippen LogP contribution in [0.25, 0.3) is 0 Å². The lowest BCUT2D eigenvalue weighted by atomic mass is 10.0. The SMILES string of the molecule is CNC(c1ccc(C(=O)OC)o1)c1cc(Cl)ccc1Cl. The molecule has 0 radical (unpaired) electrons. The second kappa shape index (κ2) is 6.31. The highest BCUT2D eigenvalue weighted by molar-refractivity contribution is 6.33. The molecular weight excluding hydrogens is 301 g/mol. The fourth-order valence-corrected chi connectivity index (χ4v) is 2.31. The minimum Gasteiger partial charge on any atom is -0.463 e. The third-order valence-corrected chi connectivity index (χ3v) is 3.43. The normalized spacial score (nSPS) is 12.2. The van der Waals surface area contributed by atoms with Crippen LogP contribution in [-0.4, -0.2) is 20.1 Å². The van der Waals surface area contributed by atoms with Gasteiger partial charge < -0.3 is 14.5 Å². The highest BCUT2D eigenvalue weighted by Gasteiger charge is 2.21. The van der Waals surface area contributed by atoms with Crippen LogP contribution in [0.1, 0.15) is 27.9 Å². The Balaban J connectivity index is 2.39. The zero-order valence-corrected chi connectivity index (χ0v) is 12.5. The zero-order valence-electron chi connectivity index (χ0n) is 10.9. The number of hydrogen-bond acceptors (Lipinski definition) is 4. The highest BCUT2D eigenvalue weighted by Crippen LogP contribution is 2.31. The standard InChI is InChI=1S/C14H13Cl2NO3/c1-17-13(9-7-8(15)3-4-10(9)16)11-5-6-12(20-11)14(18)19-2/h3-7,13,17H,1-2H3. The van der Waals surface area contributed by atoms with E-state index in [1.807, 2.05) is 0 Å². The van der Waals surface area contributed by atoms with Crippen LogP contribution >= 0.6 is 23.2 Å². The van der Waals surface area contributed by atoms with Crippen LogP contribution in [0.15, 0.2) is 34.7 Å². The molecule has 0 aliphatic carbocycles. The molecule has 1 N–H and O–H groups in total. The Morgan fingerprint density at radius 3 is 2.70 bits per heavy atom. The van der Waals surface area contributed by atoms with Crippen molar-refractivity contribution in [3.63, 3.8) is 0 Å². The van der Waals surface area contributed by atoms with Gasteiger partial charge in [0.15, 0.2) is 0 Å². The van der Waals surface area contributed by atoms with E-state index < -0.39 is 5.97 Å². The molecule has 1 aromatic carbocycles. The van der Waals surface area contributed by atoms with Gasteiger partial charge >= 0.3 is 5.97 Å². The van der Waals surface area contributed by atoms with Gasteiger partial charge in [-0.1, -0.05) is 23.2 Å². The molecule has 2 rings (SSSR count). The van der Waals surface area contributed by atoms with Crippen LogP contribution in [0.5, 0.6) is 0 Å². The van der Waals surface area contributed by atoms with Crippen molar-refractivity contribution in [2.45, 2.75) is 6.04 Å². The minimum absolute atomic E-state index is 0.140. The maximum Gasteiger partial charge on any atom is 0.373 e. The molecule has 0 aliphatic rings. The first kappa shape index (κ1) is 14.9. The number of halogens is 2. The summed E-state index contributed by atoms with van der Waals surface area (Å²) >= 11 is 12.2. The maximum absolute atomic E-state index is 11.4. The first-order valence-electron chi connectivity index (χ1n) is 5.87. The fourth-order valence-electron chi connectivity index (χ4n) is 1.91. The number of ether oxygens (including phenoxy) is 1. The summed E-state index contributed by atoms with van der Waals surface area (Å²) in [5.74, 6) is 0.168. The van der Waals surface area contributed by atoms with E-state index in [-0.39, 0.29) is 11.8 Å². The van der Waals surface area contributed by atoms with Gasteiger partial charge in [-0.25, -0.2) is 4.79 Å². The van der Waals surface area contributed by atoms with Gasteiger partial charge in [0.2, 0.25) is 5.76 Å². The van der Waals surface area contributed by atoms with E-state index in [0.29, 0.717) is 15.8 Å². The van der Waals surface area contributed by atoms with Gasteiger partial charge in [0.1, 0.15) is 5.76 Å². The summed E-state index contributed by atoms with van der Waals surface area (Å²) in [6.45, 7) is 0. The summed E-state index contributed by atoms with van der Waals surface area (Å²) < 4.78 is 10.1. The van der Waals surface area contributed by atoms with Gasteiger partial charge in [0, 0.05) is 10.0 Å². The Morgan fingerprint density at radius 2 is 2.05 bits per heavy atom. The van der Waals surface area contributed by atoms with Crippen molar-refractivity contribution in [3.05, 3.63) is 57.5 Å². The summed E-state index contributed by atoms with van der Waals surface area (Å²) in [7, 11) is 3.07. The third-order valence-electron chi connectivity index (χ3n) is 2.86. The van der Waals surface area contributed by atoms with Crippen molar-refractivity contribution in [3.8, 4) is 0 Å². The average molecular weight is 314 g/mol. The molecule has 1 atom stereocenters. The van der Waals surface area contributed by atoms with Crippen molar-refractivity contribution in [2.24, 2.45) is 0 Å². The molecule has 4 nitrogen and oxygen atoms in total. The molecule has 0 spiro atoms. The van der Waals surface area contributed by atoms with Crippen molar-refractivity contribution in [1.29, 1.82) is 0 Å². The Bertz CT molecular complexity index is 625. The van der Waals surface area contributed by atoms with Crippen LogP contribution in [-0.2, 0) is 4.74 Å². The smallest absolute Gasteiger partial charge is 0.373 e. The molecule has 20 heavy (non-hydrogen) atoms. The summed E-state index contributed by atoms with van der Waals surface area (Å²) in [5.41, 5.74) is 0.771. The lowest BCUT2D eigenvalue weighted by Gasteiger charge is -2.16. The number of carbonyl (C=O) groups excluding carboxylic acids is 1. The number of hydrogen-bond donors (Lipinski definition) is 1. The van der Waals surface area contributed by atoms with Gasteiger partial charge in [-0.15, -0.1) is 0 Å². The van der Waals surface area contributed by atoms with Gasteiger partial charge in [-0.3, -0.25) is 0 Å². The summed E-state index contributed by atoms with van der Waals surface area (Å²) in [5, 5.41) is 4.22. The molecule has 0 aliphatic heterocycles.